The molecule has 0 bridgehead atoms. The molecule has 1 unspecified atom stereocenters. The van der Waals surface area contributed by atoms with Gasteiger partial charge < -0.3 is 5.32 Å². The molecule has 1 atom stereocenters. The van der Waals surface area contributed by atoms with Crippen molar-refractivity contribution in [2.24, 2.45) is 0 Å². The summed E-state index contributed by atoms with van der Waals surface area (Å²) in [5.74, 6) is -0.155. The van der Waals surface area contributed by atoms with Gasteiger partial charge in [-0.1, -0.05) is 37.6 Å². The first-order valence-corrected chi connectivity index (χ1v) is 8.54. The number of aromatic nitrogens is 3. The van der Waals surface area contributed by atoms with Crippen LogP contribution in [0.1, 0.15) is 48.1 Å². The van der Waals surface area contributed by atoms with Gasteiger partial charge in [-0.05, 0) is 24.3 Å². The molecule has 1 amide bonds. The van der Waals surface area contributed by atoms with Crippen molar-refractivity contribution in [2.45, 2.75) is 37.4 Å². The summed E-state index contributed by atoms with van der Waals surface area (Å²) in [7, 11) is 0. The molecular formula is C16H20N4OS. The predicted molar refractivity (Wildman–Crippen MR) is 87.8 cm³/mol. The summed E-state index contributed by atoms with van der Waals surface area (Å²) in [6.45, 7) is 2.14. The topological polar surface area (TPSA) is 67.8 Å². The number of nitrogens with one attached hydrogen (secondary N) is 1. The largest absolute Gasteiger partial charge is 0.345 e. The van der Waals surface area contributed by atoms with Crippen LogP contribution in [0, 0.1) is 0 Å². The summed E-state index contributed by atoms with van der Waals surface area (Å²) in [5.41, 5.74) is 1.49. The van der Waals surface area contributed by atoms with Gasteiger partial charge in [-0.3, -0.25) is 9.78 Å². The summed E-state index contributed by atoms with van der Waals surface area (Å²) < 4.78 is 0. The number of nitrogens with zero attached hydrogens (tertiary/aromatic N) is 3. The number of unbranched alkanes of at least 4 members (excludes halogenated alkanes) is 1. The normalized spacial score (nSPS) is 11.9. The van der Waals surface area contributed by atoms with Crippen LogP contribution in [0.25, 0.3) is 0 Å². The lowest BCUT2D eigenvalue weighted by molar-refractivity contribution is 0.0933. The number of amides is 1. The van der Waals surface area contributed by atoms with Crippen molar-refractivity contribution in [3.8, 4) is 0 Å². The molecule has 0 aliphatic rings. The Balaban J connectivity index is 2.10. The summed E-state index contributed by atoms with van der Waals surface area (Å²) in [6, 6.07) is 3.83. The second-order valence-corrected chi connectivity index (χ2v) is 5.69. The number of rotatable bonds is 7. The van der Waals surface area contributed by atoms with Gasteiger partial charge in [-0.2, -0.15) is 0 Å². The molecule has 0 aliphatic carbocycles. The number of thioether (sulfide) groups is 1. The van der Waals surface area contributed by atoms with E-state index in [1.165, 1.54) is 11.8 Å². The fraction of sp³-hybridized carbons (Fsp3) is 0.375. The maximum absolute atomic E-state index is 12.4. The van der Waals surface area contributed by atoms with Crippen molar-refractivity contribution in [1.29, 1.82) is 0 Å². The molecule has 0 aliphatic heterocycles. The van der Waals surface area contributed by atoms with Gasteiger partial charge >= 0.3 is 0 Å². The van der Waals surface area contributed by atoms with Crippen molar-refractivity contribution in [2.75, 3.05) is 6.26 Å². The fourth-order valence-electron chi connectivity index (χ4n) is 2.09. The van der Waals surface area contributed by atoms with Crippen LogP contribution < -0.4 is 5.32 Å². The number of carbonyl (C=O) groups is 1. The van der Waals surface area contributed by atoms with Crippen LogP contribution >= 0.6 is 11.8 Å². The molecule has 2 aromatic rings. The highest BCUT2D eigenvalue weighted by Gasteiger charge is 2.16. The SMILES string of the molecule is CCCCC(NC(=O)c1cnc(SC)nc1)c1cccnc1. The van der Waals surface area contributed by atoms with E-state index < -0.39 is 0 Å². The Labute approximate surface area is 135 Å². The lowest BCUT2D eigenvalue weighted by Gasteiger charge is -2.18. The minimum Gasteiger partial charge on any atom is -0.345 e. The van der Waals surface area contributed by atoms with Gasteiger partial charge in [-0.15, -0.1) is 0 Å². The number of carbonyl (C=O) groups excluding carboxylic acids is 1. The number of pyridine rings is 1. The van der Waals surface area contributed by atoms with Gasteiger partial charge in [-0.25, -0.2) is 9.97 Å². The Bertz CT molecular complexity index is 589. The average Bonchev–Trinajstić information content (AvgIpc) is 2.59. The Hall–Kier alpha value is -1.95. The fourth-order valence-corrected chi connectivity index (χ4v) is 2.41. The molecule has 0 saturated carbocycles. The first-order valence-electron chi connectivity index (χ1n) is 7.31. The molecule has 22 heavy (non-hydrogen) atoms. The molecule has 2 aromatic heterocycles. The third kappa shape index (κ3) is 4.53. The molecule has 0 fully saturated rings. The lowest BCUT2D eigenvalue weighted by atomic mass is 10.0. The second-order valence-electron chi connectivity index (χ2n) is 4.91. The molecule has 116 valence electrons. The summed E-state index contributed by atoms with van der Waals surface area (Å²) in [6.07, 6.45) is 11.6. The molecule has 5 nitrogen and oxygen atoms in total. The summed E-state index contributed by atoms with van der Waals surface area (Å²) in [5, 5.41) is 3.71. The van der Waals surface area contributed by atoms with Crippen molar-refractivity contribution in [3.63, 3.8) is 0 Å². The standard InChI is InChI=1S/C16H20N4OS/c1-3-4-7-14(12-6-5-8-17-9-12)20-15(21)13-10-18-16(22-2)19-11-13/h5-6,8-11,14H,3-4,7H2,1-2H3,(H,20,21). The number of hydrogen-bond acceptors (Lipinski definition) is 5. The highest BCUT2D eigenvalue weighted by atomic mass is 32.2. The van der Waals surface area contributed by atoms with E-state index in [-0.39, 0.29) is 11.9 Å². The minimum absolute atomic E-state index is 0.0404. The van der Waals surface area contributed by atoms with Crippen molar-refractivity contribution < 1.29 is 4.79 Å². The van der Waals surface area contributed by atoms with E-state index in [4.69, 9.17) is 0 Å². The average molecular weight is 316 g/mol. The maximum atomic E-state index is 12.4. The van der Waals surface area contributed by atoms with Crippen molar-refractivity contribution >= 4 is 17.7 Å². The Morgan fingerprint density at radius 1 is 1.32 bits per heavy atom. The molecule has 2 heterocycles. The Morgan fingerprint density at radius 2 is 2.09 bits per heavy atom. The highest BCUT2D eigenvalue weighted by Crippen LogP contribution is 2.19. The van der Waals surface area contributed by atoms with Crippen LogP contribution in [0.2, 0.25) is 0 Å². The smallest absolute Gasteiger partial charge is 0.254 e. The van der Waals surface area contributed by atoms with Crippen LogP contribution in [0.5, 0.6) is 0 Å². The zero-order valence-corrected chi connectivity index (χ0v) is 13.6. The molecular weight excluding hydrogens is 296 g/mol. The quantitative estimate of drug-likeness (QED) is 0.627. The van der Waals surface area contributed by atoms with Gasteiger partial charge in [0.2, 0.25) is 0 Å². The van der Waals surface area contributed by atoms with Gasteiger partial charge in [0, 0.05) is 24.8 Å². The molecule has 6 heteroatoms. The van der Waals surface area contributed by atoms with Gasteiger partial charge in [0.15, 0.2) is 5.16 Å². The molecule has 0 spiro atoms. The highest BCUT2D eigenvalue weighted by molar-refractivity contribution is 7.98. The molecule has 0 aromatic carbocycles. The second kappa shape index (κ2) is 8.48. The number of hydrogen-bond donors (Lipinski definition) is 1. The monoisotopic (exact) mass is 316 g/mol. The summed E-state index contributed by atoms with van der Waals surface area (Å²) >= 11 is 1.45. The van der Waals surface area contributed by atoms with Crippen LogP contribution in [-0.4, -0.2) is 27.1 Å². The van der Waals surface area contributed by atoms with E-state index in [0.29, 0.717) is 10.7 Å². The first-order chi connectivity index (χ1) is 10.7. The first kappa shape index (κ1) is 16.4. The molecule has 0 saturated heterocycles. The van der Waals surface area contributed by atoms with Crippen LogP contribution in [0.15, 0.2) is 42.1 Å². The van der Waals surface area contributed by atoms with Crippen molar-refractivity contribution in [3.05, 3.63) is 48.0 Å². The van der Waals surface area contributed by atoms with E-state index in [1.54, 1.807) is 24.8 Å². The predicted octanol–water partition coefficient (Wildman–Crippen LogP) is 3.25. The zero-order chi connectivity index (χ0) is 15.8. The molecule has 0 radical (unpaired) electrons. The van der Waals surface area contributed by atoms with E-state index >= 15 is 0 Å². The van der Waals surface area contributed by atoms with Gasteiger partial charge in [0.1, 0.15) is 0 Å². The van der Waals surface area contributed by atoms with E-state index in [1.807, 2.05) is 18.4 Å². The van der Waals surface area contributed by atoms with Gasteiger partial charge in [0.05, 0.1) is 11.6 Å². The third-order valence-electron chi connectivity index (χ3n) is 3.31. The van der Waals surface area contributed by atoms with Crippen LogP contribution in [0.3, 0.4) is 0 Å². The van der Waals surface area contributed by atoms with E-state index in [0.717, 1.165) is 24.8 Å². The van der Waals surface area contributed by atoms with Crippen molar-refractivity contribution in [1.82, 2.24) is 20.3 Å². The van der Waals surface area contributed by atoms with Gasteiger partial charge in [0.25, 0.3) is 5.91 Å². The maximum Gasteiger partial charge on any atom is 0.254 e. The van der Waals surface area contributed by atoms with Crippen LogP contribution in [0.4, 0.5) is 0 Å². The molecule has 2 rings (SSSR count). The Kier molecular flexibility index (Phi) is 6.33. The minimum atomic E-state index is -0.155. The van der Waals surface area contributed by atoms with E-state index in [9.17, 15) is 4.79 Å². The van der Waals surface area contributed by atoms with Crippen LogP contribution in [-0.2, 0) is 0 Å². The Morgan fingerprint density at radius 3 is 2.68 bits per heavy atom. The lowest BCUT2D eigenvalue weighted by Crippen LogP contribution is -2.29. The van der Waals surface area contributed by atoms with E-state index in [2.05, 4.69) is 27.2 Å². The molecule has 1 N–H and O–H groups in total. The summed E-state index contributed by atoms with van der Waals surface area (Å²) in [4.78, 5) is 24.8. The third-order valence-corrected chi connectivity index (χ3v) is 3.89. The zero-order valence-electron chi connectivity index (χ0n) is 12.8.